The maximum atomic E-state index is 12.9. The molecule has 3 N–H and O–H groups in total. The van der Waals surface area contributed by atoms with Gasteiger partial charge < -0.3 is 10.4 Å². The fraction of sp³-hybridized carbons (Fsp3) is 0.0500. The van der Waals surface area contributed by atoms with Gasteiger partial charge >= 0.3 is 18.0 Å². The maximum Gasteiger partial charge on any atom is 0.417 e. The number of benzene rings is 3. The van der Waals surface area contributed by atoms with Crippen LogP contribution in [0.3, 0.4) is 0 Å². The Balaban J connectivity index is 1.70. The van der Waals surface area contributed by atoms with Gasteiger partial charge in [0.2, 0.25) is 0 Å². The molecule has 0 spiro atoms. The number of nitrogens with one attached hydrogen (secondary N) is 2. The average molecular weight is 436 g/mol. The molecule has 0 unspecified atom stereocenters. The summed E-state index contributed by atoms with van der Waals surface area (Å²) in [5.41, 5.74) is 0.871. The number of hydrogen-bond acceptors (Lipinski definition) is 4. The van der Waals surface area contributed by atoms with Crippen LogP contribution in [-0.2, 0) is 15.8 Å². The van der Waals surface area contributed by atoms with E-state index >= 15 is 0 Å². The van der Waals surface area contributed by atoms with Crippen LogP contribution in [0.1, 0.15) is 11.1 Å². The minimum atomic E-state index is -4.72. The number of hydrogen-bond donors (Lipinski definition) is 3. The van der Waals surface area contributed by atoms with Crippen molar-refractivity contribution in [3.05, 3.63) is 70.7 Å². The highest BCUT2D eigenvalue weighted by Crippen LogP contribution is 2.36. The van der Waals surface area contributed by atoms with Gasteiger partial charge in [-0.3, -0.25) is 9.59 Å². The number of aromatic hydroxyl groups is 1. The molecule has 0 aliphatic heterocycles. The first-order valence-electron chi connectivity index (χ1n) is 8.38. The number of hydrazone groups is 1. The van der Waals surface area contributed by atoms with Crippen LogP contribution in [0.2, 0.25) is 5.02 Å². The number of fused-ring (bicyclic) bond motifs is 1. The minimum absolute atomic E-state index is 0.0861. The van der Waals surface area contributed by atoms with E-state index in [4.69, 9.17) is 11.6 Å². The lowest BCUT2D eigenvalue weighted by molar-refractivity contribution is -0.137. The van der Waals surface area contributed by atoms with Crippen molar-refractivity contribution < 1.29 is 27.9 Å². The van der Waals surface area contributed by atoms with Crippen LogP contribution in [-0.4, -0.2) is 23.1 Å². The van der Waals surface area contributed by atoms with Crippen LogP contribution >= 0.6 is 11.6 Å². The Labute approximate surface area is 173 Å². The highest BCUT2D eigenvalue weighted by molar-refractivity contribution is 6.39. The minimum Gasteiger partial charge on any atom is -0.507 e. The number of phenols is 1. The Morgan fingerprint density at radius 1 is 1.03 bits per heavy atom. The summed E-state index contributed by atoms with van der Waals surface area (Å²) >= 11 is 5.51. The van der Waals surface area contributed by atoms with E-state index in [2.05, 4.69) is 5.10 Å². The number of anilines is 1. The Bertz CT molecular complexity index is 1160. The zero-order valence-electron chi connectivity index (χ0n) is 15.0. The lowest BCUT2D eigenvalue weighted by Crippen LogP contribution is -2.32. The van der Waals surface area contributed by atoms with Gasteiger partial charge in [-0.1, -0.05) is 41.9 Å². The number of nitrogens with zero attached hydrogens (tertiary/aromatic N) is 1. The second-order valence-corrected chi connectivity index (χ2v) is 6.47. The van der Waals surface area contributed by atoms with E-state index in [1.807, 2.05) is 22.9 Å². The van der Waals surface area contributed by atoms with Crippen LogP contribution in [0.15, 0.2) is 59.7 Å². The number of halogens is 4. The second-order valence-electron chi connectivity index (χ2n) is 6.07. The zero-order chi connectivity index (χ0) is 21.9. The molecule has 2 amide bonds. The van der Waals surface area contributed by atoms with Crippen LogP contribution < -0.4 is 10.7 Å². The summed E-state index contributed by atoms with van der Waals surface area (Å²) < 4.78 is 38.6. The van der Waals surface area contributed by atoms with Crippen LogP contribution in [0, 0.1) is 0 Å². The Kier molecular flexibility index (Phi) is 5.93. The van der Waals surface area contributed by atoms with Gasteiger partial charge in [0.25, 0.3) is 0 Å². The van der Waals surface area contributed by atoms with Crippen molar-refractivity contribution in [3.63, 3.8) is 0 Å². The first kappa shape index (κ1) is 21.1. The molecule has 10 heteroatoms. The number of alkyl halides is 3. The van der Waals surface area contributed by atoms with Gasteiger partial charge in [0, 0.05) is 11.3 Å². The van der Waals surface area contributed by atoms with Crippen molar-refractivity contribution in [2.75, 3.05) is 5.32 Å². The molecule has 0 aliphatic carbocycles. The molecule has 30 heavy (non-hydrogen) atoms. The third-order valence-corrected chi connectivity index (χ3v) is 4.37. The van der Waals surface area contributed by atoms with Crippen molar-refractivity contribution in [1.82, 2.24) is 5.43 Å². The zero-order valence-corrected chi connectivity index (χ0v) is 15.8. The molecular formula is C20H13ClF3N3O3. The molecule has 0 aliphatic rings. The van der Waals surface area contributed by atoms with Crippen LogP contribution in [0.4, 0.5) is 18.9 Å². The predicted molar refractivity (Wildman–Crippen MR) is 106 cm³/mol. The molecule has 3 rings (SSSR count). The summed E-state index contributed by atoms with van der Waals surface area (Å²) in [5.74, 6) is -2.53. The highest BCUT2D eigenvalue weighted by Gasteiger charge is 2.33. The van der Waals surface area contributed by atoms with E-state index in [0.29, 0.717) is 17.0 Å². The largest absolute Gasteiger partial charge is 0.507 e. The Hall–Kier alpha value is -3.59. The Morgan fingerprint density at radius 3 is 2.50 bits per heavy atom. The molecule has 154 valence electrons. The van der Waals surface area contributed by atoms with Crippen molar-refractivity contribution in [1.29, 1.82) is 0 Å². The van der Waals surface area contributed by atoms with Gasteiger partial charge in [-0.05, 0) is 35.0 Å². The molecule has 3 aromatic rings. The van der Waals surface area contributed by atoms with Crippen LogP contribution in [0.25, 0.3) is 10.8 Å². The standard InChI is InChI=1S/C20H13ClF3N3O3/c21-16-7-6-12(9-15(16)20(22,23)24)26-18(29)19(30)27-25-10-14-13-4-2-1-3-11(13)5-8-17(14)28/h1-10,28H,(H,26,29)(H,27,30)/b25-10-. The molecular weight excluding hydrogens is 423 g/mol. The lowest BCUT2D eigenvalue weighted by atomic mass is 10.0. The van der Waals surface area contributed by atoms with Crippen molar-refractivity contribution in [2.24, 2.45) is 5.10 Å². The number of rotatable bonds is 3. The molecule has 0 bridgehead atoms. The van der Waals surface area contributed by atoms with E-state index in [1.165, 1.54) is 6.07 Å². The first-order valence-corrected chi connectivity index (χ1v) is 8.76. The van der Waals surface area contributed by atoms with Gasteiger partial charge in [-0.2, -0.15) is 18.3 Å². The molecule has 0 radical (unpaired) electrons. The first-order chi connectivity index (χ1) is 14.2. The summed E-state index contributed by atoms with van der Waals surface area (Å²) in [6.45, 7) is 0. The monoisotopic (exact) mass is 435 g/mol. The normalized spacial score (nSPS) is 11.6. The quantitative estimate of drug-likeness (QED) is 0.325. The number of carbonyl (C=O) groups is 2. The summed E-state index contributed by atoms with van der Waals surface area (Å²) in [6, 6.07) is 13.0. The SMILES string of the molecule is O=C(N/N=C\c1c(O)ccc2ccccc12)C(=O)Nc1ccc(Cl)c(C(F)(F)F)c1. The summed E-state index contributed by atoms with van der Waals surface area (Å²) in [6.07, 6.45) is -3.56. The molecule has 0 saturated heterocycles. The van der Waals surface area contributed by atoms with Crippen molar-refractivity contribution >= 4 is 46.1 Å². The second kappa shape index (κ2) is 8.42. The van der Waals surface area contributed by atoms with Crippen LogP contribution in [0.5, 0.6) is 5.75 Å². The maximum absolute atomic E-state index is 12.9. The lowest BCUT2D eigenvalue weighted by Gasteiger charge is -2.11. The number of phenolic OH excluding ortho intramolecular Hbond substituents is 1. The van der Waals surface area contributed by atoms with E-state index in [9.17, 15) is 27.9 Å². The molecule has 0 atom stereocenters. The molecule has 0 heterocycles. The van der Waals surface area contributed by atoms with Gasteiger partial charge in [0.1, 0.15) is 5.75 Å². The Morgan fingerprint density at radius 2 is 1.77 bits per heavy atom. The number of carbonyl (C=O) groups excluding carboxylic acids is 2. The topological polar surface area (TPSA) is 90.8 Å². The third-order valence-electron chi connectivity index (χ3n) is 4.04. The van der Waals surface area contributed by atoms with E-state index < -0.39 is 28.6 Å². The molecule has 0 fully saturated rings. The average Bonchev–Trinajstić information content (AvgIpc) is 2.70. The van der Waals surface area contributed by atoms with Crippen molar-refractivity contribution in [3.8, 4) is 5.75 Å². The smallest absolute Gasteiger partial charge is 0.417 e. The molecule has 0 aromatic heterocycles. The highest BCUT2D eigenvalue weighted by atomic mass is 35.5. The van der Waals surface area contributed by atoms with Gasteiger partial charge in [-0.15, -0.1) is 0 Å². The van der Waals surface area contributed by atoms with Gasteiger partial charge in [0.05, 0.1) is 16.8 Å². The van der Waals surface area contributed by atoms with E-state index in [0.717, 1.165) is 23.7 Å². The van der Waals surface area contributed by atoms with Gasteiger partial charge in [-0.25, -0.2) is 5.43 Å². The van der Waals surface area contributed by atoms with E-state index in [-0.39, 0.29) is 11.4 Å². The summed E-state index contributed by atoms with van der Waals surface area (Å²) in [7, 11) is 0. The summed E-state index contributed by atoms with van der Waals surface area (Å²) in [4.78, 5) is 23.8. The molecule has 3 aromatic carbocycles. The van der Waals surface area contributed by atoms with Crippen molar-refractivity contribution in [2.45, 2.75) is 6.18 Å². The van der Waals surface area contributed by atoms with E-state index in [1.54, 1.807) is 18.2 Å². The third kappa shape index (κ3) is 4.69. The summed E-state index contributed by atoms with van der Waals surface area (Å²) in [5, 5.41) is 16.6. The number of amides is 2. The fourth-order valence-corrected chi connectivity index (χ4v) is 2.86. The van der Waals surface area contributed by atoms with Gasteiger partial charge in [0.15, 0.2) is 0 Å². The molecule has 0 saturated carbocycles. The molecule has 6 nitrogen and oxygen atoms in total. The fourth-order valence-electron chi connectivity index (χ4n) is 2.63. The predicted octanol–water partition coefficient (Wildman–Crippen LogP) is 4.31.